The molecule has 0 aromatic carbocycles. The Hall–Kier alpha value is -1.71. The van der Waals surface area contributed by atoms with E-state index in [0.29, 0.717) is 53.4 Å². The lowest BCUT2D eigenvalue weighted by atomic mass is 9.46. The van der Waals surface area contributed by atoms with Crippen molar-refractivity contribution >= 4 is 0 Å². The molecule has 7 fully saturated rings. The zero-order valence-electron chi connectivity index (χ0n) is 34.6. The minimum absolute atomic E-state index is 0.208. The molecule has 0 aromatic rings. The largest absolute Gasteiger partial charge is 0.370 e. The predicted octanol–water partition coefficient (Wildman–Crippen LogP) is 10.7. The first-order valence-electron chi connectivity index (χ1n) is 24.7. The molecule has 17 atom stereocenters. The third-order valence-electron chi connectivity index (χ3n) is 19.5. The molecule has 3 N–H and O–H groups in total. The highest BCUT2D eigenvalue weighted by atomic mass is 16.5. The summed E-state index contributed by atoms with van der Waals surface area (Å²) in [6, 6.07) is 2.82. The zero-order chi connectivity index (χ0) is 37.2. The quantitative estimate of drug-likeness (QED) is 0.249. The SMILES string of the molecule is N#CC1CCC2OC3C=C(C4NC(C5CC=CCC5)NC(C5CCC(C6C=CCCC6)CC5)N4)CCC3C3(C4C=CCCC4C4C5CCCCC5CCC43)C2C1. The second-order valence-electron chi connectivity index (χ2n) is 21.6. The molecule has 2 heterocycles. The molecule has 11 rings (SSSR count). The number of ether oxygens (including phenoxy) is 1. The van der Waals surface area contributed by atoms with Crippen LogP contribution >= 0.6 is 0 Å². The molecule has 56 heavy (non-hydrogen) atoms. The van der Waals surface area contributed by atoms with Crippen LogP contribution in [0.25, 0.3) is 0 Å². The smallest absolute Gasteiger partial charge is 0.0819 e. The maximum Gasteiger partial charge on any atom is 0.0819 e. The van der Waals surface area contributed by atoms with Gasteiger partial charge in [0.2, 0.25) is 0 Å². The Morgan fingerprint density at radius 3 is 2.29 bits per heavy atom. The molecule has 1 spiro atoms. The first kappa shape index (κ1) is 37.3. The number of rotatable bonds is 4. The van der Waals surface area contributed by atoms with Gasteiger partial charge in [-0.3, -0.25) is 16.0 Å². The van der Waals surface area contributed by atoms with Crippen LogP contribution in [0.3, 0.4) is 0 Å². The van der Waals surface area contributed by atoms with Crippen LogP contribution in [0.5, 0.6) is 0 Å². The molecule has 2 aliphatic heterocycles. The second-order valence-corrected chi connectivity index (χ2v) is 21.6. The summed E-state index contributed by atoms with van der Waals surface area (Å²) in [7, 11) is 0. The summed E-state index contributed by atoms with van der Waals surface area (Å²) < 4.78 is 7.52. The molecule has 17 unspecified atom stereocenters. The van der Waals surface area contributed by atoms with Crippen molar-refractivity contribution in [1.82, 2.24) is 16.0 Å². The number of fused-ring (bicyclic) bond motifs is 11. The van der Waals surface area contributed by atoms with E-state index in [2.05, 4.69) is 64.6 Å². The van der Waals surface area contributed by atoms with Crippen LogP contribution in [0.1, 0.15) is 148 Å². The Morgan fingerprint density at radius 1 is 0.625 bits per heavy atom. The van der Waals surface area contributed by atoms with E-state index in [-0.39, 0.29) is 18.2 Å². The maximum absolute atomic E-state index is 10.4. The lowest BCUT2D eigenvalue weighted by Crippen LogP contribution is -2.71. The van der Waals surface area contributed by atoms with Gasteiger partial charge in [-0.1, -0.05) is 61.8 Å². The van der Waals surface area contributed by atoms with Gasteiger partial charge in [-0.05, 0) is 210 Å². The maximum atomic E-state index is 10.4. The van der Waals surface area contributed by atoms with E-state index in [4.69, 9.17) is 4.74 Å². The summed E-state index contributed by atoms with van der Waals surface area (Å²) >= 11 is 0. The normalized spacial score (nSPS) is 52.4. The van der Waals surface area contributed by atoms with Crippen LogP contribution in [0.4, 0.5) is 0 Å². The summed E-state index contributed by atoms with van der Waals surface area (Å²) in [6.07, 6.45) is 50.0. The molecular formula is C51H74N4O. The first-order valence-corrected chi connectivity index (χ1v) is 24.7. The lowest BCUT2D eigenvalue weighted by molar-refractivity contribution is -0.222. The number of allylic oxidation sites excluding steroid dienone is 6. The Bertz CT molecular complexity index is 1580. The molecule has 11 aliphatic rings. The van der Waals surface area contributed by atoms with E-state index in [1.807, 2.05) is 0 Å². The van der Waals surface area contributed by atoms with Crippen LogP contribution in [-0.2, 0) is 4.74 Å². The fourth-order valence-corrected chi connectivity index (χ4v) is 17.2. The highest BCUT2D eigenvalue weighted by molar-refractivity contribution is 5.29. The van der Waals surface area contributed by atoms with Gasteiger partial charge < -0.3 is 4.74 Å². The monoisotopic (exact) mass is 759 g/mol. The topological polar surface area (TPSA) is 69.1 Å². The van der Waals surface area contributed by atoms with Crippen molar-refractivity contribution in [2.75, 3.05) is 0 Å². The molecular weight excluding hydrogens is 685 g/mol. The van der Waals surface area contributed by atoms with Crippen molar-refractivity contribution < 1.29 is 4.74 Å². The van der Waals surface area contributed by atoms with Gasteiger partial charge in [-0.25, -0.2) is 0 Å². The van der Waals surface area contributed by atoms with Crippen molar-refractivity contribution in [2.24, 2.45) is 82.3 Å². The molecule has 5 saturated carbocycles. The molecule has 304 valence electrons. The van der Waals surface area contributed by atoms with Crippen LogP contribution < -0.4 is 16.0 Å². The summed E-state index contributed by atoms with van der Waals surface area (Å²) in [5, 5.41) is 23.1. The average molecular weight is 759 g/mol. The fourth-order valence-electron chi connectivity index (χ4n) is 17.2. The van der Waals surface area contributed by atoms with Gasteiger partial charge in [0, 0.05) is 5.92 Å². The Morgan fingerprint density at radius 2 is 1.45 bits per heavy atom. The van der Waals surface area contributed by atoms with Crippen molar-refractivity contribution in [1.29, 1.82) is 5.26 Å². The van der Waals surface area contributed by atoms with E-state index >= 15 is 0 Å². The fraction of sp³-hybridized carbons (Fsp3) is 0.824. The van der Waals surface area contributed by atoms with Gasteiger partial charge in [0.15, 0.2) is 0 Å². The molecule has 0 aromatic heterocycles. The summed E-state index contributed by atoms with van der Waals surface area (Å²) in [4.78, 5) is 0. The number of nitrogens with one attached hydrogen (secondary N) is 3. The number of nitriles is 1. The second kappa shape index (κ2) is 15.7. The van der Waals surface area contributed by atoms with Crippen molar-refractivity contribution in [3.05, 3.63) is 48.1 Å². The molecule has 9 aliphatic carbocycles. The van der Waals surface area contributed by atoms with Crippen molar-refractivity contribution in [2.45, 2.75) is 178 Å². The summed E-state index contributed by atoms with van der Waals surface area (Å²) in [6.45, 7) is 0. The van der Waals surface area contributed by atoms with Crippen molar-refractivity contribution in [3.63, 3.8) is 0 Å². The number of hydrogen-bond donors (Lipinski definition) is 3. The van der Waals surface area contributed by atoms with Gasteiger partial charge in [-0.15, -0.1) is 0 Å². The standard InChI is InChI=1S/C51H74N4O/c52-31-32-19-28-45-44(29-32)51(41-18-10-9-17-40(41)47-39-16-8-7-13-35(39)24-27-43(47)51)42-26-25-38(30-46(42)56-45)50-54-48(36-14-5-2-6-15-36)53-49(55-50)37-22-20-34(21-23-37)33-11-3-1-4-12-33/h2-3,5,10-11,18,30,32-37,39-50,53-55H,1,4,6-9,12-17,19-29H2. The van der Waals surface area contributed by atoms with E-state index in [0.717, 1.165) is 60.7 Å². The van der Waals surface area contributed by atoms with E-state index in [9.17, 15) is 5.26 Å². The highest BCUT2D eigenvalue weighted by Gasteiger charge is 2.71. The summed E-state index contributed by atoms with van der Waals surface area (Å²) in [5.74, 6) is 9.59. The highest BCUT2D eigenvalue weighted by Crippen LogP contribution is 2.74. The Balaban J connectivity index is 0.906. The molecule has 0 radical (unpaired) electrons. The van der Waals surface area contributed by atoms with Crippen LogP contribution in [0.2, 0.25) is 0 Å². The molecule has 5 heteroatoms. The molecule has 0 amide bonds. The van der Waals surface area contributed by atoms with Crippen LogP contribution in [-0.4, -0.2) is 30.7 Å². The van der Waals surface area contributed by atoms with Gasteiger partial charge in [0.05, 0.1) is 36.8 Å². The van der Waals surface area contributed by atoms with E-state index < -0.39 is 0 Å². The minimum atomic E-state index is 0.208. The Labute approximate surface area is 339 Å². The minimum Gasteiger partial charge on any atom is -0.370 e. The summed E-state index contributed by atoms with van der Waals surface area (Å²) in [5.41, 5.74) is 1.89. The van der Waals surface area contributed by atoms with Gasteiger partial charge >= 0.3 is 0 Å². The van der Waals surface area contributed by atoms with Crippen LogP contribution in [0, 0.1) is 93.7 Å². The van der Waals surface area contributed by atoms with E-state index in [1.54, 1.807) is 5.57 Å². The lowest BCUT2D eigenvalue weighted by Gasteiger charge is -2.63. The van der Waals surface area contributed by atoms with Gasteiger partial charge in [0.25, 0.3) is 0 Å². The Kier molecular flexibility index (Phi) is 10.5. The average Bonchev–Trinajstić information content (AvgIpc) is 3.57. The molecule has 0 bridgehead atoms. The predicted molar refractivity (Wildman–Crippen MR) is 225 cm³/mol. The van der Waals surface area contributed by atoms with Gasteiger partial charge in [0.1, 0.15) is 0 Å². The third-order valence-corrected chi connectivity index (χ3v) is 19.5. The van der Waals surface area contributed by atoms with Crippen LogP contribution in [0.15, 0.2) is 48.1 Å². The number of nitrogens with zero attached hydrogens (tertiary/aromatic N) is 1. The third kappa shape index (κ3) is 6.34. The van der Waals surface area contributed by atoms with Gasteiger partial charge in [-0.2, -0.15) is 5.26 Å². The van der Waals surface area contributed by atoms with Crippen molar-refractivity contribution in [3.8, 4) is 6.07 Å². The number of hydrogen-bond acceptors (Lipinski definition) is 5. The molecule has 2 saturated heterocycles. The zero-order valence-corrected chi connectivity index (χ0v) is 34.6. The molecule has 5 nitrogen and oxygen atoms in total. The van der Waals surface area contributed by atoms with E-state index in [1.165, 1.54) is 128 Å². The first-order chi connectivity index (χ1) is 27.7.